The lowest BCUT2D eigenvalue weighted by atomic mass is 10.1. The van der Waals surface area contributed by atoms with Gasteiger partial charge in [-0.25, -0.2) is 4.68 Å². The first-order chi connectivity index (χ1) is 17.6. The number of benzene rings is 2. The van der Waals surface area contributed by atoms with E-state index in [4.69, 9.17) is 14.6 Å². The van der Waals surface area contributed by atoms with Crippen LogP contribution >= 0.6 is 0 Å². The predicted octanol–water partition coefficient (Wildman–Crippen LogP) is 2.03. The number of aromatic nitrogens is 2. The first kappa shape index (κ1) is 24.3. The fourth-order valence-electron chi connectivity index (χ4n) is 4.86. The van der Waals surface area contributed by atoms with Gasteiger partial charge in [-0.1, -0.05) is 18.2 Å². The van der Waals surface area contributed by atoms with E-state index in [1.165, 1.54) is 5.56 Å². The largest absolute Gasteiger partial charge is 0.494 e. The Labute approximate surface area is 211 Å². The molecule has 0 spiro atoms. The second-order valence-electron chi connectivity index (χ2n) is 9.20. The molecule has 1 fully saturated rings. The van der Waals surface area contributed by atoms with Gasteiger partial charge in [-0.15, -0.1) is 0 Å². The van der Waals surface area contributed by atoms with Gasteiger partial charge in [0.05, 0.1) is 32.0 Å². The van der Waals surface area contributed by atoms with E-state index in [-0.39, 0.29) is 12.5 Å². The van der Waals surface area contributed by atoms with Crippen molar-refractivity contribution in [3.63, 3.8) is 0 Å². The monoisotopic (exact) mass is 491 g/mol. The number of hydrogen-bond acceptors (Lipinski definition) is 7. The average Bonchev–Trinajstić information content (AvgIpc) is 3.30. The molecule has 1 aromatic heterocycles. The minimum absolute atomic E-state index is 0.0713. The molecule has 9 nitrogen and oxygen atoms in total. The van der Waals surface area contributed by atoms with Crippen LogP contribution in [-0.4, -0.2) is 95.1 Å². The smallest absolute Gasteiger partial charge is 0.257 e. The summed E-state index contributed by atoms with van der Waals surface area (Å²) in [6.45, 7) is 7.17. The molecule has 3 aromatic rings. The number of aliphatic hydroxyl groups is 1. The highest BCUT2D eigenvalue weighted by molar-refractivity contribution is 5.94. The van der Waals surface area contributed by atoms with E-state index in [1.54, 1.807) is 24.2 Å². The molecular weight excluding hydrogens is 458 g/mol. The Hall–Kier alpha value is -3.40. The molecule has 0 saturated carbocycles. The zero-order chi connectivity index (χ0) is 24.9. The van der Waals surface area contributed by atoms with Crippen molar-refractivity contribution in [3.8, 4) is 17.2 Å². The molecule has 36 heavy (non-hydrogen) atoms. The van der Waals surface area contributed by atoms with Crippen molar-refractivity contribution in [2.24, 2.45) is 0 Å². The summed E-state index contributed by atoms with van der Waals surface area (Å²) >= 11 is 0. The van der Waals surface area contributed by atoms with Gasteiger partial charge < -0.3 is 19.5 Å². The Kier molecular flexibility index (Phi) is 7.50. The molecule has 0 aliphatic carbocycles. The number of β-amino-alcohol motifs (C(OH)–C–C–N with tert-alkyl or cyclic N) is 1. The maximum Gasteiger partial charge on any atom is 0.257 e. The van der Waals surface area contributed by atoms with Crippen molar-refractivity contribution in [1.29, 1.82) is 0 Å². The second-order valence-corrected chi connectivity index (χ2v) is 9.20. The maximum atomic E-state index is 13.4. The molecule has 1 amide bonds. The third-order valence-corrected chi connectivity index (χ3v) is 6.84. The van der Waals surface area contributed by atoms with Crippen molar-refractivity contribution in [2.75, 3.05) is 59.6 Å². The quantitative estimate of drug-likeness (QED) is 0.542. The van der Waals surface area contributed by atoms with E-state index >= 15 is 0 Å². The summed E-state index contributed by atoms with van der Waals surface area (Å²) in [6.07, 6.45) is 3.36. The molecule has 1 saturated heterocycles. The van der Waals surface area contributed by atoms with E-state index in [0.29, 0.717) is 31.0 Å². The van der Waals surface area contributed by atoms with Gasteiger partial charge >= 0.3 is 0 Å². The molecular formula is C27H33N5O4. The van der Waals surface area contributed by atoms with Gasteiger partial charge in [-0.3, -0.25) is 14.6 Å². The van der Waals surface area contributed by atoms with Gasteiger partial charge in [0.15, 0.2) is 0 Å². The number of rotatable bonds is 7. The third kappa shape index (κ3) is 5.38. The van der Waals surface area contributed by atoms with Gasteiger partial charge in [-0.05, 0) is 29.8 Å². The lowest BCUT2D eigenvalue weighted by Crippen LogP contribution is -2.46. The van der Waals surface area contributed by atoms with Gasteiger partial charge in [0.2, 0.25) is 0 Å². The second kappa shape index (κ2) is 11.1. The Balaban J connectivity index is 1.27. The normalized spacial score (nSPS) is 16.8. The number of carbonyl (C=O) groups is 1. The van der Waals surface area contributed by atoms with Gasteiger partial charge in [0.1, 0.15) is 23.8 Å². The number of carbonyl (C=O) groups excluding carboxylic acids is 1. The van der Waals surface area contributed by atoms with Crippen LogP contribution in [0, 0.1) is 0 Å². The minimum Gasteiger partial charge on any atom is -0.494 e. The summed E-state index contributed by atoms with van der Waals surface area (Å²) in [7, 11) is 1.62. The summed E-state index contributed by atoms with van der Waals surface area (Å²) in [5.74, 6) is 1.46. The van der Waals surface area contributed by atoms with Crippen molar-refractivity contribution in [1.82, 2.24) is 24.5 Å². The summed E-state index contributed by atoms with van der Waals surface area (Å²) in [5, 5.41) is 13.6. The van der Waals surface area contributed by atoms with Gasteiger partial charge in [0, 0.05) is 57.6 Å². The number of amides is 1. The molecule has 5 rings (SSSR count). The summed E-state index contributed by atoms with van der Waals surface area (Å²) in [5.41, 5.74) is 3.55. The van der Waals surface area contributed by atoms with E-state index in [2.05, 4.69) is 27.0 Å². The number of piperazine rings is 1. The van der Waals surface area contributed by atoms with Crippen LogP contribution in [0.5, 0.6) is 11.5 Å². The minimum atomic E-state index is -0.0713. The molecule has 1 N–H and O–H groups in total. The van der Waals surface area contributed by atoms with Gasteiger partial charge in [-0.2, -0.15) is 5.10 Å². The van der Waals surface area contributed by atoms with Gasteiger partial charge in [0.25, 0.3) is 5.91 Å². The van der Waals surface area contributed by atoms with Crippen molar-refractivity contribution >= 4 is 5.91 Å². The summed E-state index contributed by atoms with van der Waals surface area (Å²) < 4.78 is 13.1. The predicted molar refractivity (Wildman–Crippen MR) is 136 cm³/mol. The van der Waals surface area contributed by atoms with Crippen molar-refractivity contribution in [3.05, 3.63) is 71.5 Å². The van der Waals surface area contributed by atoms with Crippen LogP contribution in [0.25, 0.3) is 5.69 Å². The number of ether oxygens (including phenoxy) is 2. The van der Waals surface area contributed by atoms with Crippen LogP contribution < -0.4 is 9.47 Å². The van der Waals surface area contributed by atoms with Crippen LogP contribution in [0.3, 0.4) is 0 Å². The van der Waals surface area contributed by atoms with Crippen LogP contribution in [0.1, 0.15) is 21.5 Å². The van der Waals surface area contributed by atoms with E-state index in [1.807, 2.05) is 35.2 Å². The van der Waals surface area contributed by atoms with Crippen molar-refractivity contribution < 1.29 is 19.4 Å². The zero-order valence-corrected chi connectivity index (χ0v) is 20.7. The molecule has 2 aromatic carbocycles. The van der Waals surface area contributed by atoms with Crippen LogP contribution in [0.4, 0.5) is 0 Å². The Morgan fingerprint density at radius 2 is 1.89 bits per heavy atom. The van der Waals surface area contributed by atoms with E-state index in [9.17, 15) is 4.79 Å². The number of fused-ring (bicyclic) bond motifs is 1. The number of aliphatic hydroxyl groups excluding tert-OH is 1. The SMILES string of the molecule is COc1ccccc1-n1cc(C(=O)N2CCOc3ccc(CN4CCN(CCO)CC4)cc3C2)cn1. The highest BCUT2D eigenvalue weighted by Crippen LogP contribution is 2.27. The summed E-state index contributed by atoms with van der Waals surface area (Å²) in [4.78, 5) is 20.0. The molecule has 0 atom stereocenters. The van der Waals surface area contributed by atoms with Crippen LogP contribution in [-0.2, 0) is 13.1 Å². The standard InChI is InChI=1S/C27H33N5O4/c1-35-26-5-3-2-4-24(26)32-20-23(17-28-32)27(34)31-13-15-36-25-7-6-21(16-22(25)19-31)18-30-10-8-29(9-11-30)12-14-33/h2-7,16-17,20,33H,8-15,18-19H2,1H3. The first-order valence-electron chi connectivity index (χ1n) is 12.4. The zero-order valence-electron chi connectivity index (χ0n) is 20.7. The molecule has 9 heteroatoms. The lowest BCUT2D eigenvalue weighted by Gasteiger charge is -2.34. The van der Waals surface area contributed by atoms with Crippen LogP contribution in [0.2, 0.25) is 0 Å². The average molecular weight is 492 g/mol. The fraction of sp³-hybridized carbons (Fsp3) is 0.407. The molecule has 190 valence electrons. The number of para-hydroxylation sites is 2. The highest BCUT2D eigenvalue weighted by atomic mass is 16.5. The molecule has 2 aliphatic rings. The fourth-order valence-corrected chi connectivity index (χ4v) is 4.86. The maximum absolute atomic E-state index is 13.4. The molecule has 0 unspecified atom stereocenters. The Bertz CT molecular complexity index is 1190. The van der Waals surface area contributed by atoms with Crippen LogP contribution in [0.15, 0.2) is 54.9 Å². The topological polar surface area (TPSA) is 83.3 Å². The number of nitrogens with zero attached hydrogens (tertiary/aromatic N) is 5. The van der Waals surface area contributed by atoms with E-state index < -0.39 is 0 Å². The first-order valence-corrected chi connectivity index (χ1v) is 12.4. The lowest BCUT2D eigenvalue weighted by molar-refractivity contribution is 0.0733. The number of methoxy groups -OCH3 is 1. The third-order valence-electron chi connectivity index (χ3n) is 6.84. The molecule has 3 heterocycles. The Morgan fingerprint density at radius 1 is 1.08 bits per heavy atom. The number of hydrogen-bond donors (Lipinski definition) is 1. The molecule has 0 radical (unpaired) electrons. The Morgan fingerprint density at radius 3 is 2.69 bits per heavy atom. The van der Waals surface area contributed by atoms with Crippen molar-refractivity contribution in [2.45, 2.75) is 13.1 Å². The highest BCUT2D eigenvalue weighted by Gasteiger charge is 2.24. The molecule has 2 aliphatic heterocycles. The molecule has 0 bridgehead atoms. The summed E-state index contributed by atoms with van der Waals surface area (Å²) in [6, 6.07) is 13.9. The van der Waals surface area contributed by atoms with E-state index in [0.717, 1.165) is 56.3 Å².